The molecular weight excluding hydrogens is 218 g/mol. The summed E-state index contributed by atoms with van der Waals surface area (Å²) >= 11 is 0. The molecule has 1 aromatic carbocycles. The van der Waals surface area contributed by atoms with E-state index >= 15 is 0 Å². The zero-order chi connectivity index (χ0) is 10.9. The summed E-state index contributed by atoms with van der Waals surface area (Å²) in [6, 6.07) is 4.28. The fraction of sp³-hybridized carbons (Fsp3) is 0.125. The van der Waals surface area contributed by atoms with Gasteiger partial charge in [-0.25, -0.2) is 0 Å². The highest BCUT2D eigenvalue weighted by atomic mass is 32.2. The Morgan fingerprint density at radius 2 is 2.20 bits per heavy atom. The van der Waals surface area contributed by atoms with E-state index in [1.807, 2.05) is 0 Å². The smallest absolute Gasteiger partial charge is 0.316 e. The molecule has 1 heterocycles. The number of rotatable bonds is 2. The average Bonchev–Trinajstić information content (AvgIpc) is 2.28. The van der Waals surface area contributed by atoms with Crippen LogP contribution in [0.5, 0.6) is 0 Å². The fourth-order valence-corrected chi connectivity index (χ4v) is 1.89. The zero-order valence-corrected chi connectivity index (χ0v) is 8.36. The highest BCUT2D eigenvalue weighted by molar-refractivity contribution is 7.90. The molecule has 2 rings (SSSR count). The van der Waals surface area contributed by atoms with Crippen LogP contribution in [0.15, 0.2) is 32.7 Å². The molecule has 6 nitrogen and oxygen atoms in total. The van der Waals surface area contributed by atoms with Crippen LogP contribution < -0.4 is 5.32 Å². The molecule has 0 saturated carbocycles. The Morgan fingerprint density at radius 1 is 1.40 bits per heavy atom. The van der Waals surface area contributed by atoms with Crippen molar-refractivity contribution < 1.29 is 8.42 Å². The first kappa shape index (κ1) is 9.78. The van der Waals surface area contributed by atoms with Crippen molar-refractivity contribution in [1.29, 1.82) is 0 Å². The van der Waals surface area contributed by atoms with Crippen molar-refractivity contribution in [2.45, 2.75) is 4.90 Å². The van der Waals surface area contributed by atoms with Crippen LogP contribution in [-0.2, 0) is 10.0 Å². The first-order chi connectivity index (χ1) is 7.13. The average molecular weight is 225 g/mol. The molecule has 1 aromatic rings. The number of nitrogens with one attached hydrogen (secondary N) is 1. The molecule has 0 fully saturated rings. The molecule has 1 aliphatic heterocycles. The summed E-state index contributed by atoms with van der Waals surface area (Å²) in [4.78, 5) is 13.9. The summed E-state index contributed by atoms with van der Waals surface area (Å²) < 4.78 is 24.4. The van der Waals surface area contributed by atoms with Crippen LogP contribution in [0.3, 0.4) is 0 Å². The van der Waals surface area contributed by atoms with Crippen molar-refractivity contribution in [2.75, 3.05) is 12.0 Å². The molecule has 0 radical (unpaired) electrons. The van der Waals surface area contributed by atoms with E-state index in [0.29, 0.717) is 12.2 Å². The minimum Gasteiger partial charge on any atom is -0.366 e. The molecule has 7 heteroatoms. The molecule has 0 unspecified atom stereocenters. The van der Waals surface area contributed by atoms with Crippen LogP contribution in [0.4, 0.5) is 5.69 Å². The van der Waals surface area contributed by atoms with E-state index in [4.69, 9.17) is 0 Å². The third-order valence-corrected chi connectivity index (χ3v) is 3.06. The maximum atomic E-state index is 11.1. The fourth-order valence-electron chi connectivity index (χ4n) is 1.29. The molecule has 0 bridgehead atoms. The lowest BCUT2D eigenvalue weighted by Crippen LogP contribution is -2.08. The minimum absolute atomic E-state index is 0.119. The van der Waals surface area contributed by atoms with Gasteiger partial charge in [0.1, 0.15) is 6.67 Å². The van der Waals surface area contributed by atoms with Gasteiger partial charge in [0.15, 0.2) is 0 Å². The van der Waals surface area contributed by atoms with E-state index in [1.54, 1.807) is 12.3 Å². The third-order valence-electron chi connectivity index (χ3n) is 2.01. The summed E-state index contributed by atoms with van der Waals surface area (Å²) in [6.45, 7) is 0.463. The zero-order valence-electron chi connectivity index (χ0n) is 7.54. The van der Waals surface area contributed by atoms with Gasteiger partial charge in [0.2, 0.25) is 0 Å². The predicted octanol–water partition coefficient (Wildman–Crippen LogP) is 0.944. The van der Waals surface area contributed by atoms with Gasteiger partial charge in [0.05, 0.1) is 9.48 Å². The molecule has 78 valence electrons. The van der Waals surface area contributed by atoms with Crippen LogP contribution in [0.25, 0.3) is 0 Å². The van der Waals surface area contributed by atoms with Gasteiger partial charge < -0.3 is 5.32 Å². The lowest BCUT2D eigenvalue weighted by Gasteiger charge is -2.12. The first-order valence-electron chi connectivity index (χ1n) is 4.11. The first-order valence-corrected chi connectivity index (χ1v) is 5.55. The van der Waals surface area contributed by atoms with Gasteiger partial charge >= 0.3 is 10.0 Å². The number of sulfonamides is 1. The molecule has 1 N–H and O–H groups in total. The van der Waals surface area contributed by atoms with Crippen LogP contribution in [-0.4, -0.2) is 21.3 Å². The van der Waals surface area contributed by atoms with E-state index in [-0.39, 0.29) is 4.90 Å². The predicted molar refractivity (Wildman–Crippen MR) is 55.5 cm³/mol. The Bertz CT molecular complexity index is 536. The lowest BCUT2D eigenvalue weighted by molar-refractivity contribution is 0.597. The van der Waals surface area contributed by atoms with Crippen LogP contribution in [0.2, 0.25) is 0 Å². The number of benzene rings is 1. The van der Waals surface area contributed by atoms with E-state index in [9.17, 15) is 13.3 Å². The van der Waals surface area contributed by atoms with Crippen LogP contribution in [0.1, 0.15) is 5.56 Å². The van der Waals surface area contributed by atoms with Gasteiger partial charge in [-0.2, -0.15) is 8.42 Å². The molecule has 1 aliphatic rings. The van der Waals surface area contributed by atoms with Gasteiger partial charge in [-0.1, -0.05) is 0 Å². The van der Waals surface area contributed by atoms with E-state index in [1.165, 1.54) is 12.1 Å². The number of hydrogen-bond donors (Lipinski definition) is 1. The number of fused-ring (bicyclic) bond motifs is 1. The number of hydrogen-bond acceptors (Lipinski definition) is 5. The highest BCUT2D eigenvalue weighted by Gasteiger charge is 2.16. The summed E-state index contributed by atoms with van der Waals surface area (Å²) in [6.07, 6.45) is 1.55. The van der Waals surface area contributed by atoms with Gasteiger partial charge in [-0.05, 0) is 18.2 Å². The van der Waals surface area contributed by atoms with Crippen molar-refractivity contribution in [3.8, 4) is 0 Å². The van der Waals surface area contributed by atoms with E-state index in [0.717, 1.165) is 5.69 Å². The monoisotopic (exact) mass is 225 g/mol. The maximum Gasteiger partial charge on any atom is 0.316 e. The Morgan fingerprint density at radius 3 is 2.93 bits per heavy atom. The van der Waals surface area contributed by atoms with Crippen molar-refractivity contribution in [2.24, 2.45) is 9.57 Å². The second kappa shape index (κ2) is 3.43. The Hall–Kier alpha value is -1.76. The molecule has 0 amide bonds. The standard InChI is InChI=1S/C8H7N3O3S/c12-11-15(13,14)7-1-2-8-6(3-7)4-9-5-10-8/h1-4,10H,5H2. The molecule has 0 spiro atoms. The topological polar surface area (TPSA) is 88.0 Å². The van der Waals surface area contributed by atoms with E-state index < -0.39 is 10.0 Å². The highest BCUT2D eigenvalue weighted by Crippen LogP contribution is 2.21. The summed E-state index contributed by atoms with van der Waals surface area (Å²) in [5.41, 5.74) is 1.42. The molecule has 0 saturated heterocycles. The lowest BCUT2D eigenvalue weighted by atomic mass is 10.2. The van der Waals surface area contributed by atoms with Crippen LogP contribution in [0, 0.1) is 4.91 Å². The normalized spacial score (nSPS) is 14.1. The maximum absolute atomic E-state index is 11.1. The van der Waals surface area contributed by atoms with Crippen LogP contribution >= 0.6 is 0 Å². The van der Waals surface area contributed by atoms with Gasteiger partial charge in [-0.3, -0.25) is 4.99 Å². The minimum atomic E-state index is -4.05. The number of nitrogens with zero attached hydrogens (tertiary/aromatic N) is 2. The van der Waals surface area contributed by atoms with Gasteiger partial charge in [0.25, 0.3) is 0 Å². The molecule has 0 aromatic heterocycles. The summed E-state index contributed by atoms with van der Waals surface area (Å²) in [5.74, 6) is 0. The summed E-state index contributed by atoms with van der Waals surface area (Å²) in [5, 5.41) is 2.96. The Balaban J connectivity index is 2.56. The second-order valence-corrected chi connectivity index (χ2v) is 4.52. The Kier molecular flexibility index (Phi) is 2.24. The van der Waals surface area contributed by atoms with Crippen molar-refractivity contribution in [1.82, 2.24) is 0 Å². The second-order valence-electron chi connectivity index (χ2n) is 2.95. The van der Waals surface area contributed by atoms with E-state index in [2.05, 4.69) is 14.9 Å². The molecular formula is C8H7N3O3S. The van der Waals surface area contributed by atoms with Crippen molar-refractivity contribution in [3.63, 3.8) is 0 Å². The van der Waals surface area contributed by atoms with Crippen molar-refractivity contribution in [3.05, 3.63) is 28.7 Å². The Labute approximate surface area is 86.1 Å². The molecule has 15 heavy (non-hydrogen) atoms. The summed E-state index contributed by atoms with van der Waals surface area (Å²) in [7, 11) is -4.05. The quantitative estimate of drug-likeness (QED) is 0.759. The SMILES string of the molecule is O=NS(=O)(=O)c1ccc2c(c1)C=NCN2. The number of anilines is 1. The van der Waals surface area contributed by atoms with Gasteiger partial charge in [-0.15, -0.1) is 4.91 Å². The number of nitroso groups, excluding NO2 is 1. The number of aliphatic imine (C=N–C) groups is 1. The molecule has 0 atom stereocenters. The largest absolute Gasteiger partial charge is 0.366 e. The van der Waals surface area contributed by atoms with Crippen molar-refractivity contribution >= 4 is 21.9 Å². The molecule has 0 aliphatic carbocycles. The third kappa shape index (κ3) is 1.73. The van der Waals surface area contributed by atoms with Gasteiger partial charge in [0, 0.05) is 17.5 Å².